The fourth-order valence-corrected chi connectivity index (χ4v) is 7.27. The first-order valence-electron chi connectivity index (χ1n) is 13.2. The molecule has 0 bridgehead atoms. The third-order valence-corrected chi connectivity index (χ3v) is 9.04. The number of rotatable bonds is 6. The maximum Gasteiger partial charge on any atom is 0.162 e. The van der Waals surface area contributed by atoms with E-state index in [1.165, 1.54) is 61.6 Å². The Bertz CT molecular complexity index is 1120. The van der Waals surface area contributed by atoms with Gasteiger partial charge in [-0.25, -0.2) is 0 Å². The Morgan fingerprint density at radius 1 is 0.765 bits per heavy atom. The third-order valence-electron chi connectivity index (χ3n) is 9.04. The molecule has 0 unspecified atom stereocenters. The molecule has 0 spiro atoms. The molecule has 2 nitrogen and oxygen atoms in total. The highest BCUT2D eigenvalue weighted by atomic mass is 16.5. The van der Waals surface area contributed by atoms with E-state index >= 15 is 0 Å². The maximum atomic E-state index is 6.44. The monoisotopic (exact) mass is 452 g/mol. The summed E-state index contributed by atoms with van der Waals surface area (Å²) in [6.07, 6.45) is 9.50. The van der Waals surface area contributed by atoms with Gasteiger partial charge in [0.2, 0.25) is 0 Å². The average molecular weight is 453 g/mol. The van der Waals surface area contributed by atoms with Crippen LogP contribution in [0.2, 0.25) is 0 Å². The van der Waals surface area contributed by atoms with Crippen LogP contribution in [0.4, 0.5) is 0 Å². The van der Waals surface area contributed by atoms with Crippen molar-refractivity contribution in [3.8, 4) is 11.5 Å². The van der Waals surface area contributed by atoms with E-state index in [2.05, 4.69) is 73.7 Å². The normalized spacial score (nSPS) is 27.4. The number of hydrogen-bond donors (Lipinski definition) is 0. The molecule has 0 saturated heterocycles. The van der Waals surface area contributed by atoms with E-state index in [0.717, 1.165) is 23.3 Å². The molecule has 176 valence electrons. The first-order chi connectivity index (χ1) is 16.7. The van der Waals surface area contributed by atoms with Gasteiger partial charge in [-0.1, -0.05) is 74.0 Å². The van der Waals surface area contributed by atoms with Crippen LogP contribution in [0.25, 0.3) is 0 Å². The fourth-order valence-electron chi connectivity index (χ4n) is 7.27. The van der Waals surface area contributed by atoms with Crippen molar-refractivity contribution in [3.05, 3.63) is 95.1 Å². The minimum Gasteiger partial charge on any atom is -0.485 e. The Morgan fingerprint density at radius 2 is 1.41 bits per heavy atom. The molecule has 6 rings (SSSR count). The van der Waals surface area contributed by atoms with Crippen LogP contribution in [0.3, 0.4) is 0 Å². The summed E-state index contributed by atoms with van der Waals surface area (Å²) < 4.78 is 12.8. The summed E-state index contributed by atoms with van der Waals surface area (Å²) in [5.41, 5.74) is 5.98. The summed E-state index contributed by atoms with van der Waals surface area (Å²) >= 11 is 0. The van der Waals surface area contributed by atoms with Gasteiger partial charge in [-0.05, 0) is 96.1 Å². The fraction of sp³-hybridized carbons (Fsp3) is 0.438. The van der Waals surface area contributed by atoms with Gasteiger partial charge >= 0.3 is 0 Å². The zero-order chi connectivity index (χ0) is 23.0. The van der Waals surface area contributed by atoms with Crippen molar-refractivity contribution in [3.63, 3.8) is 0 Å². The van der Waals surface area contributed by atoms with E-state index < -0.39 is 0 Å². The summed E-state index contributed by atoms with van der Waals surface area (Å²) in [4.78, 5) is 0. The van der Waals surface area contributed by atoms with E-state index in [-0.39, 0.29) is 0 Å². The van der Waals surface area contributed by atoms with Gasteiger partial charge in [0, 0.05) is 0 Å². The topological polar surface area (TPSA) is 18.5 Å². The zero-order valence-electron chi connectivity index (χ0n) is 20.3. The Hall–Kier alpha value is -2.74. The van der Waals surface area contributed by atoms with Crippen LogP contribution < -0.4 is 9.47 Å². The van der Waals surface area contributed by atoms with Gasteiger partial charge in [-0.2, -0.15) is 0 Å². The molecule has 4 atom stereocenters. The molecule has 3 aromatic carbocycles. The molecule has 2 saturated carbocycles. The van der Waals surface area contributed by atoms with Crippen molar-refractivity contribution in [2.45, 2.75) is 71.0 Å². The van der Waals surface area contributed by atoms with Crippen LogP contribution >= 0.6 is 0 Å². The van der Waals surface area contributed by atoms with E-state index in [9.17, 15) is 0 Å². The number of hydrogen-bond acceptors (Lipinski definition) is 2. The SMILES string of the molecule is C[C@@]12CCC[C@H]1[C@@H]1CCc3cc(OCc4ccccc4)c(OCc4ccccc4)cc3[C@H]1CC2. The first kappa shape index (κ1) is 21.8. The second-order valence-electron chi connectivity index (χ2n) is 11.0. The lowest BCUT2D eigenvalue weighted by Gasteiger charge is -2.49. The van der Waals surface area contributed by atoms with Crippen molar-refractivity contribution in [2.24, 2.45) is 17.3 Å². The van der Waals surface area contributed by atoms with Gasteiger partial charge in [0.15, 0.2) is 11.5 Å². The Kier molecular flexibility index (Phi) is 5.85. The Labute approximate surface area is 204 Å². The number of aryl methyl sites for hydroxylation is 1. The molecule has 34 heavy (non-hydrogen) atoms. The molecule has 0 aliphatic heterocycles. The highest BCUT2D eigenvalue weighted by Gasteiger charge is 2.50. The van der Waals surface area contributed by atoms with Crippen LogP contribution in [0, 0.1) is 17.3 Å². The predicted octanol–water partition coefficient (Wildman–Crippen LogP) is 8.09. The molecular weight excluding hydrogens is 416 g/mol. The highest BCUT2D eigenvalue weighted by molar-refractivity contribution is 5.50. The van der Waals surface area contributed by atoms with Crippen molar-refractivity contribution in [2.75, 3.05) is 0 Å². The lowest BCUT2D eigenvalue weighted by atomic mass is 9.56. The number of benzene rings is 3. The lowest BCUT2D eigenvalue weighted by molar-refractivity contribution is 0.0596. The number of fused-ring (bicyclic) bond motifs is 5. The Morgan fingerprint density at radius 3 is 2.09 bits per heavy atom. The van der Waals surface area contributed by atoms with Crippen molar-refractivity contribution in [1.82, 2.24) is 0 Å². The van der Waals surface area contributed by atoms with Gasteiger partial charge in [-0.3, -0.25) is 0 Å². The van der Waals surface area contributed by atoms with Crippen molar-refractivity contribution < 1.29 is 9.47 Å². The van der Waals surface area contributed by atoms with Crippen molar-refractivity contribution in [1.29, 1.82) is 0 Å². The molecular formula is C32H36O2. The molecule has 0 radical (unpaired) electrons. The quantitative estimate of drug-likeness (QED) is 0.376. The van der Waals surface area contributed by atoms with Crippen molar-refractivity contribution >= 4 is 0 Å². The van der Waals surface area contributed by atoms with E-state index in [1.54, 1.807) is 5.56 Å². The van der Waals surface area contributed by atoms with Gasteiger partial charge < -0.3 is 9.47 Å². The summed E-state index contributed by atoms with van der Waals surface area (Å²) in [6, 6.07) is 25.5. The standard InChI is InChI=1S/C32H36O2/c1-32-17-8-13-29(32)27-15-14-25-19-30(33-21-23-9-4-2-5-10-23)31(20-28(25)26(27)16-18-32)34-22-24-11-6-3-7-12-24/h2-7,9-12,19-20,26-27,29H,8,13-18,21-22H2,1H3/t26-,27+,29-,32-/m0/s1. The lowest BCUT2D eigenvalue weighted by Crippen LogP contribution is -2.39. The van der Waals surface area contributed by atoms with E-state index in [4.69, 9.17) is 9.47 Å². The maximum absolute atomic E-state index is 6.44. The molecule has 0 aromatic heterocycles. The van der Waals surface area contributed by atoms with E-state index in [0.29, 0.717) is 24.5 Å². The molecule has 3 aromatic rings. The molecule has 0 heterocycles. The third kappa shape index (κ3) is 4.13. The van der Waals surface area contributed by atoms with Gasteiger partial charge in [0.1, 0.15) is 13.2 Å². The largest absolute Gasteiger partial charge is 0.485 e. The minimum atomic E-state index is 0.563. The predicted molar refractivity (Wildman–Crippen MR) is 137 cm³/mol. The summed E-state index contributed by atoms with van der Waals surface area (Å²) in [5.74, 6) is 4.22. The van der Waals surface area contributed by atoms with Crippen LogP contribution in [0.5, 0.6) is 11.5 Å². The minimum absolute atomic E-state index is 0.563. The molecule has 2 fully saturated rings. The smallest absolute Gasteiger partial charge is 0.162 e. The van der Waals surface area contributed by atoms with Crippen LogP contribution in [-0.4, -0.2) is 0 Å². The molecule has 0 amide bonds. The van der Waals surface area contributed by atoms with Gasteiger partial charge in [0.05, 0.1) is 0 Å². The molecule has 3 aliphatic carbocycles. The second-order valence-corrected chi connectivity index (χ2v) is 11.0. The molecule has 3 aliphatic rings. The zero-order valence-corrected chi connectivity index (χ0v) is 20.3. The van der Waals surface area contributed by atoms with Crippen LogP contribution in [-0.2, 0) is 19.6 Å². The summed E-state index contributed by atoms with van der Waals surface area (Å²) in [5, 5.41) is 0. The van der Waals surface area contributed by atoms with Crippen LogP contribution in [0.1, 0.15) is 73.6 Å². The Balaban J connectivity index is 1.30. The molecule has 2 heteroatoms. The van der Waals surface area contributed by atoms with Gasteiger partial charge in [0.25, 0.3) is 0 Å². The average Bonchev–Trinajstić information content (AvgIpc) is 3.29. The summed E-state index contributed by atoms with van der Waals surface area (Å²) in [7, 11) is 0. The summed E-state index contributed by atoms with van der Waals surface area (Å²) in [6.45, 7) is 3.70. The van der Waals surface area contributed by atoms with Crippen LogP contribution in [0.15, 0.2) is 72.8 Å². The second kappa shape index (κ2) is 9.13. The first-order valence-corrected chi connectivity index (χ1v) is 13.2. The molecule has 0 N–H and O–H groups in total. The van der Waals surface area contributed by atoms with E-state index in [1.807, 2.05) is 6.07 Å². The highest BCUT2D eigenvalue weighted by Crippen LogP contribution is 2.61. The number of ether oxygens (including phenoxy) is 2. The van der Waals surface area contributed by atoms with Gasteiger partial charge in [-0.15, -0.1) is 0 Å².